The van der Waals surface area contributed by atoms with Gasteiger partial charge in [-0.15, -0.1) is 0 Å². The Balaban J connectivity index is 2.41. The molecule has 0 aliphatic heterocycles. The molecule has 0 aliphatic rings. The van der Waals surface area contributed by atoms with Gasteiger partial charge in [0.25, 0.3) is 0 Å². The number of esters is 1. The smallest absolute Gasteiger partial charge is 0.341 e. The number of rotatable bonds is 4. The first-order chi connectivity index (χ1) is 9.63. The van der Waals surface area contributed by atoms with Crippen molar-refractivity contribution in [3.8, 4) is 11.5 Å². The van der Waals surface area contributed by atoms with Crippen molar-refractivity contribution >= 4 is 11.7 Å². The number of nitro groups is 1. The first-order valence-electron chi connectivity index (χ1n) is 5.72. The summed E-state index contributed by atoms with van der Waals surface area (Å²) in [6, 6.07) is 12.3. The number of benzene rings is 2. The van der Waals surface area contributed by atoms with E-state index in [1.165, 1.54) is 31.4 Å². The van der Waals surface area contributed by atoms with Crippen LogP contribution in [0.25, 0.3) is 0 Å². The zero-order chi connectivity index (χ0) is 14.5. The molecule has 6 nitrogen and oxygen atoms in total. The maximum absolute atomic E-state index is 11.6. The minimum absolute atomic E-state index is 0.0638. The Labute approximate surface area is 114 Å². The number of methoxy groups -OCH3 is 1. The number of carbonyl (C=O) groups is 1. The summed E-state index contributed by atoms with van der Waals surface area (Å²) in [5.74, 6) is -0.304. The Kier molecular flexibility index (Phi) is 3.95. The van der Waals surface area contributed by atoms with Gasteiger partial charge in [0.15, 0.2) is 0 Å². The van der Waals surface area contributed by atoms with Gasteiger partial charge in [0.1, 0.15) is 11.3 Å². The highest BCUT2D eigenvalue weighted by molar-refractivity contribution is 5.92. The maximum Gasteiger partial charge on any atom is 0.341 e. The highest BCUT2D eigenvalue weighted by atomic mass is 16.6. The van der Waals surface area contributed by atoms with E-state index in [1.807, 2.05) is 0 Å². The van der Waals surface area contributed by atoms with Crippen molar-refractivity contribution in [3.63, 3.8) is 0 Å². The van der Waals surface area contributed by atoms with Gasteiger partial charge in [0.05, 0.1) is 12.0 Å². The average Bonchev–Trinajstić information content (AvgIpc) is 2.47. The Morgan fingerprint density at radius 2 is 1.65 bits per heavy atom. The van der Waals surface area contributed by atoms with E-state index < -0.39 is 10.9 Å². The maximum atomic E-state index is 11.6. The molecule has 0 unspecified atom stereocenters. The van der Waals surface area contributed by atoms with Gasteiger partial charge in [-0.2, -0.15) is 0 Å². The van der Waals surface area contributed by atoms with Crippen LogP contribution in [0.5, 0.6) is 11.5 Å². The SMILES string of the molecule is COC(=O)c1ccccc1Oc1ccccc1[N+](=O)[O-]. The molecule has 0 fully saturated rings. The van der Waals surface area contributed by atoms with Gasteiger partial charge in [-0.05, 0) is 18.2 Å². The molecule has 0 saturated heterocycles. The Hall–Kier alpha value is -2.89. The Morgan fingerprint density at radius 3 is 2.30 bits per heavy atom. The molecule has 0 amide bonds. The van der Waals surface area contributed by atoms with Crippen molar-refractivity contribution in [1.29, 1.82) is 0 Å². The van der Waals surface area contributed by atoms with E-state index in [2.05, 4.69) is 4.74 Å². The molecule has 20 heavy (non-hydrogen) atoms. The van der Waals surface area contributed by atoms with Gasteiger partial charge in [-0.25, -0.2) is 4.79 Å². The average molecular weight is 273 g/mol. The molecule has 0 radical (unpaired) electrons. The van der Waals surface area contributed by atoms with Crippen LogP contribution in [0.3, 0.4) is 0 Å². The van der Waals surface area contributed by atoms with Crippen LogP contribution in [-0.4, -0.2) is 18.0 Å². The first-order valence-corrected chi connectivity index (χ1v) is 5.72. The van der Waals surface area contributed by atoms with E-state index in [0.717, 1.165) is 0 Å². The summed E-state index contributed by atoms with van der Waals surface area (Å²) in [5.41, 5.74) is 0.0281. The van der Waals surface area contributed by atoms with Gasteiger partial charge in [-0.3, -0.25) is 10.1 Å². The molecule has 6 heteroatoms. The van der Waals surface area contributed by atoms with Crippen LogP contribution in [0.1, 0.15) is 10.4 Å². The van der Waals surface area contributed by atoms with Gasteiger partial charge < -0.3 is 9.47 Å². The predicted molar refractivity (Wildman–Crippen MR) is 71.0 cm³/mol. The molecule has 0 aliphatic carbocycles. The van der Waals surface area contributed by atoms with Crippen LogP contribution in [0.4, 0.5) is 5.69 Å². The van der Waals surface area contributed by atoms with Crippen molar-refractivity contribution in [2.24, 2.45) is 0 Å². The van der Waals surface area contributed by atoms with Crippen molar-refractivity contribution in [3.05, 3.63) is 64.2 Å². The summed E-state index contributed by atoms with van der Waals surface area (Å²) in [5, 5.41) is 10.9. The fourth-order valence-corrected chi connectivity index (χ4v) is 1.65. The molecule has 2 aromatic rings. The van der Waals surface area contributed by atoms with Crippen molar-refractivity contribution in [2.45, 2.75) is 0 Å². The van der Waals surface area contributed by atoms with Gasteiger partial charge >= 0.3 is 11.7 Å². The second-order valence-electron chi connectivity index (χ2n) is 3.81. The molecule has 0 N–H and O–H groups in total. The fourth-order valence-electron chi connectivity index (χ4n) is 1.65. The molecule has 0 spiro atoms. The molecule has 0 atom stereocenters. The highest BCUT2D eigenvalue weighted by Crippen LogP contribution is 2.32. The summed E-state index contributed by atoms with van der Waals surface area (Å²) in [6.07, 6.45) is 0. The molecule has 0 bridgehead atoms. The molecule has 0 saturated carbocycles. The number of para-hydroxylation sites is 3. The third-order valence-corrected chi connectivity index (χ3v) is 2.57. The minimum atomic E-state index is -0.570. The van der Waals surface area contributed by atoms with Crippen LogP contribution in [-0.2, 0) is 4.74 Å². The van der Waals surface area contributed by atoms with Crippen LogP contribution in [0.2, 0.25) is 0 Å². The van der Waals surface area contributed by atoms with Crippen LogP contribution in [0, 0.1) is 10.1 Å². The number of nitrogens with zero attached hydrogens (tertiary/aromatic N) is 1. The second-order valence-corrected chi connectivity index (χ2v) is 3.81. The van der Waals surface area contributed by atoms with Crippen molar-refractivity contribution in [1.82, 2.24) is 0 Å². The van der Waals surface area contributed by atoms with Gasteiger partial charge in [0, 0.05) is 6.07 Å². The molecular formula is C14H11NO5. The van der Waals surface area contributed by atoms with Crippen molar-refractivity contribution in [2.75, 3.05) is 7.11 Å². The number of ether oxygens (including phenoxy) is 2. The predicted octanol–water partition coefficient (Wildman–Crippen LogP) is 3.17. The monoisotopic (exact) mass is 273 g/mol. The third-order valence-electron chi connectivity index (χ3n) is 2.57. The molecular weight excluding hydrogens is 262 g/mol. The van der Waals surface area contributed by atoms with Crippen LogP contribution in [0.15, 0.2) is 48.5 Å². The van der Waals surface area contributed by atoms with Crippen LogP contribution >= 0.6 is 0 Å². The normalized spacial score (nSPS) is 9.85. The number of hydrogen-bond donors (Lipinski definition) is 0. The van der Waals surface area contributed by atoms with E-state index in [0.29, 0.717) is 0 Å². The van der Waals surface area contributed by atoms with E-state index in [4.69, 9.17) is 4.74 Å². The van der Waals surface area contributed by atoms with Gasteiger partial charge in [0.2, 0.25) is 5.75 Å². The van der Waals surface area contributed by atoms with Crippen molar-refractivity contribution < 1.29 is 19.2 Å². The lowest BCUT2D eigenvalue weighted by molar-refractivity contribution is -0.385. The standard InChI is InChI=1S/C14H11NO5/c1-19-14(16)10-6-2-4-8-12(10)20-13-9-5-3-7-11(13)15(17)18/h2-9H,1H3. The first kappa shape index (κ1) is 13.5. The topological polar surface area (TPSA) is 78.7 Å². The van der Waals surface area contributed by atoms with E-state index in [1.54, 1.807) is 24.3 Å². The van der Waals surface area contributed by atoms with Crippen LogP contribution < -0.4 is 4.74 Å². The van der Waals surface area contributed by atoms with Gasteiger partial charge in [-0.1, -0.05) is 24.3 Å². The summed E-state index contributed by atoms with van der Waals surface area (Å²) in [7, 11) is 1.25. The number of carbonyl (C=O) groups excluding carboxylic acids is 1. The fraction of sp³-hybridized carbons (Fsp3) is 0.0714. The zero-order valence-corrected chi connectivity index (χ0v) is 10.6. The van der Waals surface area contributed by atoms with E-state index in [9.17, 15) is 14.9 Å². The minimum Gasteiger partial charge on any atom is -0.465 e. The largest absolute Gasteiger partial charge is 0.465 e. The quantitative estimate of drug-likeness (QED) is 0.485. The summed E-state index contributed by atoms with van der Waals surface area (Å²) < 4.78 is 10.1. The molecule has 0 aromatic heterocycles. The lowest BCUT2D eigenvalue weighted by Gasteiger charge is -2.09. The van der Waals surface area contributed by atoms with E-state index in [-0.39, 0.29) is 22.7 Å². The Morgan fingerprint density at radius 1 is 1.05 bits per heavy atom. The van der Waals surface area contributed by atoms with E-state index >= 15 is 0 Å². The summed E-state index contributed by atoms with van der Waals surface area (Å²) in [6.45, 7) is 0. The lowest BCUT2D eigenvalue weighted by atomic mass is 10.2. The summed E-state index contributed by atoms with van der Waals surface area (Å²) in [4.78, 5) is 22.0. The third kappa shape index (κ3) is 2.74. The molecule has 102 valence electrons. The Bertz CT molecular complexity index is 654. The lowest BCUT2D eigenvalue weighted by Crippen LogP contribution is -2.04. The highest BCUT2D eigenvalue weighted by Gasteiger charge is 2.18. The number of nitro benzene ring substituents is 1. The molecule has 2 rings (SSSR count). The molecule has 0 heterocycles. The molecule has 2 aromatic carbocycles. The second kappa shape index (κ2) is 5.83. The summed E-state index contributed by atoms with van der Waals surface area (Å²) >= 11 is 0. The number of hydrogen-bond acceptors (Lipinski definition) is 5. The zero-order valence-electron chi connectivity index (χ0n) is 10.6.